The van der Waals surface area contributed by atoms with Crippen molar-refractivity contribution in [2.24, 2.45) is 4.99 Å². The van der Waals surface area contributed by atoms with Crippen molar-refractivity contribution in [1.29, 1.82) is 0 Å². The third-order valence-electron chi connectivity index (χ3n) is 2.17. The molecule has 0 aliphatic carbocycles. The molecule has 2 aliphatic heterocycles. The van der Waals surface area contributed by atoms with Crippen LogP contribution < -0.4 is 5.32 Å². The number of nitrogens with one attached hydrogen (secondary N) is 1. The van der Waals surface area contributed by atoms with Gasteiger partial charge in [0.2, 0.25) is 0 Å². The molecule has 2 unspecified atom stereocenters. The van der Waals surface area contributed by atoms with Gasteiger partial charge in [-0.05, 0) is 22.0 Å². The predicted octanol–water partition coefficient (Wildman–Crippen LogP) is 1.25. The van der Waals surface area contributed by atoms with Gasteiger partial charge in [-0.25, -0.2) is 4.98 Å². The highest BCUT2D eigenvalue weighted by Crippen LogP contribution is 2.35. The fourth-order valence-electron chi connectivity index (χ4n) is 1.50. The molecular formula is C8H6BrN3. The molecular weight excluding hydrogens is 218 g/mol. The third-order valence-corrected chi connectivity index (χ3v) is 2.61. The summed E-state index contributed by atoms with van der Waals surface area (Å²) in [6.07, 6.45) is 2.15. The zero-order chi connectivity index (χ0) is 8.13. The van der Waals surface area contributed by atoms with Gasteiger partial charge in [-0.3, -0.25) is 10.3 Å². The van der Waals surface area contributed by atoms with Gasteiger partial charge in [0.05, 0.1) is 11.7 Å². The van der Waals surface area contributed by atoms with E-state index in [4.69, 9.17) is 0 Å². The molecule has 3 rings (SSSR count). The van der Waals surface area contributed by atoms with Crippen LogP contribution in [-0.2, 0) is 0 Å². The summed E-state index contributed by atoms with van der Waals surface area (Å²) in [7, 11) is 0. The Bertz CT molecular complexity index is 375. The highest BCUT2D eigenvalue weighted by Gasteiger charge is 2.40. The van der Waals surface area contributed by atoms with Gasteiger partial charge < -0.3 is 0 Å². The summed E-state index contributed by atoms with van der Waals surface area (Å²) in [5, 5.41) is 3.25. The molecule has 12 heavy (non-hydrogen) atoms. The molecule has 1 aromatic heterocycles. The number of hydrogen-bond acceptors (Lipinski definition) is 3. The molecule has 0 aromatic carbocycles. The molecule has 3 heterocycles. The standard InChI is InChI=1S/C8H6BrN3/c9-6-2-1-4-5(11-6)3-10-8-7(4)12-8/h1-3,7-8,12H. The van der Waals surface area contributed by atoms with Crippen LogP contribution in [0.15, 0.2) is 21.7 Å². The van der Waals surface area contributed by atoms with Crippen molar-refractivity contribution in [3.63, 3.8) is 0 Å². The van der Waals surface area contributed by atoms with Gasteiger partial charge in [-0.15, -0.1) is 0 Å². The molecule has 60 valence electrons. The molecule has 0 spiro atoms. The van der Waals surface area contributed by atoms with Crippen LogP contribution >= 0.6 is 15.9 Å². The molecule has 3 nitrogen and oxygen atoms in total. The number of aromatic nitrogens is 1. The first kappa shape index (κ1) is 6.74. The van der Waals surface area contributed by atoms with Gasteiger partial charge in [0, 0.05) is 11.8 Å². The van der Waals surface area contributed by atoms with E-state index in [1.54, 1.807) is 0 Å². The van der Waals surface area contributed by atoms with Crippen molar-refractivity contribution in [2.45, 2.75) is 12.2 Å². The first-order valence-electron chi connectivity index (χ1n) is 3.80. The van der Waals surface area contributed by atoms with Crippen LogP contribution in [0.4, 0.5) is 0 Å². The van der Waals surface area contributed by atoms with Gasteiger partial charge in [0.15, 0.2) is 0 Å². The van der Waals surface area contributed by atoms with Crippen molar-refractivity contribution in [3.8, 4) is 0 Å². The van der Waals surface area contributed by atoms with Crippen LogP contribution in [0.25, 0.3) is 0 Å². The van der Waals surface area contributed by atoms with Gasteiger partial charge in [-0.2, -0.15) is 0 Å². The quantitative estimate of drug-likeness (QED) is 0.532. The summed E-state index contributed by atoms with van der Waals surface area (Å²) in [5.41, 5.74) is 2.24. The van der Waals surface area contributed by atoms with Gasteiger partial charge in [0.1, 0.15) is 10.8 Å². The number of hydrogen-bond donors (Lipinski definition) is 1. The average molecular weight is 224 g/mol. The SMILES string of the molecule is Brc1ccc2c(n1)C=NC1NC21. The molecule has 4 heteroatoms. The molecule has 1 fully saturated rings. The van der Waals surface area contributed by atoms with E-state index >= 15 is 0 Å². The number of nitrogens with zero attached hydrogens (tertiary/aromatic N) is 2. The van der Waals surface area contributed by atoms with Crippen LogP contribution in [0.3, 0.4) is 0 Å². The van der Waals surface area contributed by atoms with Crippen LogP contribution in [0, 0.1) is 0 Å². The monoisotopic (exact) mass is 223 g/mol. The van der Waals surface area contributed by atoms with Gasteiger partial charge >= 0.3 is 0 Å². The molecule has 0 amide bonds. The fraction of sp³-hybridized carbons (Fsp3) is 0.250. The topological polar surface area (TPSA) is 47.2 Å². The maximum Gasteiger partial charge on any atom is 0.120 e. The average Bonchev–Trinajstić information content (AvgIpc) is 2.82. The second-order valence-electron chi connectivity index (χ2n) is 2.98. The molecule has 1 aromatic rings. The Balaban J connectivity index is 2.21. The second-order valence-corrected chi connectivity index (χ2v) is 3.79. The Morgan fingerprint density at radius 2 is 2.33 bits per heavy atom. The van der Waals surface area contributed by atoms with E-state index in [1.165, 1.54) is 5.56 Å². The Morgan fingerprint density at radius 1 is 1.42 bits per heavy atom. The number of halogens is 1. The van der Waals surface area contributed by atoms with Crippen molar-refractivity contribution >= 4 is 22.1 Å². The largest absolute Gasteiger partial charge is 0.284 e. The fourth-order valence-corrected chi connectivity index (χ4v) is 1.82. The maximum atomic E-state index is 4.32. The van der Waals surface area contributed by atoms with Crippen molar-refractivity contribution in [1.82, 2.24) is 10.3 Å². The Morgan fingerprint density at radius 3 is 3.25 bits per heavy atom. The van der Waals surface area contributed by atoms with E-state index in [1.807, 2.05) is 12.3 Å². The van der Waals surface area contributed by atoms with E-state index in [2.05, 4.69) is 37.3 Å². The molecule has 1 saturated heterocycles. The lowest BCUT2D eigenvalue weighted by atomic mass is 10.1. The normalized spacial score (nSPS) is 29.4. The highest BCUT2D eigenvalue weighted by atomic mass is 79.9. The predicted molar refractivity (Wildman–Crippen MR) is 49.2 cm³/mol. The minimum atomic E-state index is 0.320. The molecule has 0 radical (unpaired) electrons. The highest BCUT2D eigenvalue weighted by molar-refractivity contribution is 9.10. The van der Waals surface area contributed by atoms with E-state index in [0.29, 0.717) is 12.2 Å². The van der Waals surface area contributed by atoms with Crippen LogP contribution in [-0.4, -0.2) is 17.4 Å². The van der Waals surface area contributed by atoms with Gasteiger partial charge in [0.25, 0.3) is 0 Å². The summed E-state index contributed by atoms with van der Waals surface area (Å²) in [4.78, 5) is 8.59. The molecule has 2 atom stereocenters. The first-order chi connectivity index (χ1) is 5.84. The number of pyridine rings is 1. The number of aliphatic imine (C=N–C) groups is 1. The Labute approximate surface area is 78.0 Å². The summed E-state index contributed by atoms with van der Waals surface area (Å²) in [6, 6.07) is 4.48. The smallest absolute Gasteiger partial charge is 0.120 e. The minimum absolute atomic E-state index is 0.320. The lowest BCUT2D eigenvalue weighted by Gasteiger charge is -2.05. The van der Waals surface area contributed by atoms with Crippen LogP contribution in [0.1, 0.15) is 17.3 Å². The Hall–Kier alpha value is -0.740. The van der Waals surface area contributed by atoms with E-state index in [9.17, 15) is 0 Å². The van der Waals surface area contributed by atoms with E-state index < -0.39 is 0 Å². The lowest BCUT2D eigenvalue weighted by molar-refractivity contribution is 0.953. The molecule has 0 saturated carbocycles. The first-order valence-corrected chi connectivity index (χ1v) is 4.59. The van der Waals surface area contributed by atoms with Crippen molar-refractivity contribution < 1.29 is 0 Å². The number of fused-ring (bicyclic) bond motifs is 3. The number of rotatable bonds is 0. The van der Waals surface area contributed by atoms with Crippen LogP contribution in [0.2, 0.25) is 0 Å². The maximum absolute atomic E-state index is 4.32. The summed E-state index contributed by atoms with van der Waals surface area (Å²) in [6.45, 7) is 0. The summed E-state index contributed by atoms with van der Waals surface area (Å²) < 4.78 is 0.867. The zero-order valence-corrected chi connectivity index (χ0v) is 7.75. The van der Waals surface area contributed by atoms with Crippen molar-refractivity contribution in [2.75, 3.05) is 0 Å². The minimum Gasteiger partial charge on any atom is -0.284 e. The third kappa shape index (κ3) is 0.850. The Kier molecular flexibility index (Phi) is 1.20. The second kappa shape index (κ2) is 2.14. The van der Waals surface area contributed by atoms with E-state index in [-0.39, 0.29) is 0 Å². The molecule has 1 N–H and O–H groups in total. The lowest BCUT2D eigenvalue weighted by Crippen LogP contribution is -2.02. The molecule has 2 aliphatic rings. The summed E-state index contributed by atoms with van der Waals surface area (Å²) in [5.74, 6) is 0. The van der Waals surface area contributed by atoms with Gasteiger partial charge in [-0.1, -0.05) is 6.07 Å². The molecule has 0 bridgehead atoms. The van der Waals surface area contributed by atoms with Crippen molar-refractivity contribution in [3.05, 3.63) is 28.0 Å². The zero-order valence-electron chi connectivity index (χ0n) is 6.16. The van der Waals surface area contributed by atoms with E-state index in [0.717, 1.165) is 10.3 Å². The summed E-state index contributed by atoms with van der Waals surface area (Å²) >= 11 is 3.33. The van der Waals surface area contributed by atoms with Crippen LogP contribution in [0.5, 0.6) is 0 Å².